The zero-order chi connectivity index (χ0) is 23.4. The maximum Gasteiger partial charge on any atom is 0.209 e. The van der Waals surface area contributed by atoms with E-state index in [1.165, 1.54) is 0 Å². The molecule has 1 atom stereocenters. The summed E-state index contributed by atoms with van der Waals surface area (Å²) in [5.74, 6) is -0.0755. The average molecular weight is 511 g/mol. The van der Waals surface area contributed by atoms with Crippen molar-refractivity contribution >= 4 is 58.5 Å². The number of hydrogen-bond acceptors (Lipinski definition) is 3. The number of carbonyl (C=O) groups excluding carboxylic acids is 1. The number of nitrogens with one attached hydrogen (secondary N) is 3. The Morgan fingerprint density at radius 2 is 1.68 bits per heavy atom. The van der Waals surface area contributed by atoms with Gasteiger partial charge in [0.2, 0.25) is 5.78 Å². The molecule has 3 N–H and O–H groups in total. The molecule has 5 nitrogen and oxygen atoms in total. The molecule has 0 saturated heterocycles. The monoisotopic (exact) mass is 510 g/mol. The van der Waals surface area contributed by atoms with E-state index >= 15 is 0 Å². The fraction of sp³-hybridized carbons (Fsp3) is 0.115. The molecule has 0 radical (unpaired) electrons. The number of aromatic nitrogens is 2. The summed E-state index contributed by atoms with van der Waals surface area (Å²) in [6.07, 6.45) is 1.75. The number of benzene rings is 2. The lowest BCUT2D eigenvalue weighted by Gasteiger charge is -2.13. The fourth-order valence-electron chi connectivity index (χ4n) is 3.51. The molecule has 4 aromatic rings. The molecule has 0 aliphatic heterocycles. The minimum Gasteiger partial charge on any atom is -0.355 e. The van der Waals surface area contributed by atoms with Crippen molar-refractivity contribution < 1.29 is 4.79 Å². The van der Waals surface area contributed by atoms with E-state index in [9.17, 15) is 4.79 Å². The summed E-state index contributed by atoms with van der Waals surface area (Å²) < 4.78 is 0. The van der Waals surface area contributed by atoms with E-state index in [0.717, 1.165) is 28.3 Å². The summed E-state index contributed by atoms with van der Waals surface area (Å²) in [6.45, 7) is 3.98. The van der Waals surface area contributed by atoms with E-state index in [2.05, 4.69) is 27.5 Å². The van der Waals surface area contributed by atoms with Crippen molar-refractivity contribution in [2.45, 2.75) is 19.8 Å². The first-order valence-corrected chi connectivity index (χ1v) is 11.3. The summed E-state index contributed by atoms with van der Waals surface area (Å²) in [5.41, 5.74) is 5.59. The molecule has 0 spiro atoms. The zero-order valence-corrected chi connectivity index (χ0v) is 21.0. The number of H-pyrrole nitrogens is 1. The highest BCUT2D eigenvalue weighted by Gasteiger charge is 2.19. The first kappa shape index (κ1) is 25.4. The molecule has 0 aliphatic rings. The van der Waals surface area contributed by atoms with Crippen LogP contribution in [0.3, 0.4) is 0 Å². The van der Waals surface area contributed by atoms with Crippen LogP contribution in [0.1, 0.15) is 45.8 Å². The SMILES string of the molecule is Cc1cc(C(C)c2ccc(NC(=S)Nc3ccccc3)cn2)[nH]c1C(=O)c1ccc(Cl)cc1.Cl. The fourth-order valence-corrected chi connectivity index (χ4v) is 3.87. The molecule has 0 bridgehead atoms. The molecule has 2 aromatic heterocycles. The van der Waals surface area contributed by atoms with Crippen molar-refractivity contribution in [3.8, 4) is 0 Å². The van der Waals surface area contributed by atoms with Crippen molar-refractivity contribution in [2.75, 3.05) is 10.6 Å². The van der Waals surface area contributed by atoms with Crippen LogP contribution in [0.2, 0.25) is 5.02 Å². The van der Waals surface area contributed by atoms with Gasteiger partial charge in [0.05, 0.1) is 17.6 Å². The van der Waals surface area contributed by atoms with Gasteiger partial charge in [0.1, 0.15) is 0 Å². The summed E-state index contributed by atoms with van der Waals surface area (Å²) in [6, 6.07) is 22.5. The number of para-hydroxylation sites is 1. The smallest absolute Gasteiger partial charge is 0.209 e. The Morgan fingerprint density at radius 3 is 2.32 bits per heavy atom. The second-order valence-electron chi connectivity index (χ2n) is 7.76. The van der Waals surface area contributed by atoms with Crippen LogP contribution in [-0.2, 0) is 0 Å². The first-order chi connectivity index (χ1) is 15.9. The lowest BCUT2D eigenvalue weighted by molar-refractivity contribution is 0.103. The van der Waals surface area contributed by atoms with E-state index in [1.807, 2.05) is 55.5 Å². The largest absolute Gasteiger partial charge is 0.355 e. The maximum atomic E-state index is 12.9. The predicted octanol–water partition coefficient (Wildman–Crippen LogP) is 6.99. The van der Waals surface area contributed by atoms with Crippen LogP contribution in [0.25, 0.3) is 0 Å². The van der Waals surface area contributed by atoms with Gasteiger partial charge in [-0.2, -0.15) is 0 Å². The Bertz CT molecular complexity index is 1270. The Hall–Kier alpha value is -3.19. The Balaban J connectivity index is 0.00000324. The standard InChI is InChI=1S/C26H23ClN4OS.ClH/c1-16-14-23(31-24(16)25(32)18-8-10-19(27)11-9-18)17(2)22-13-12-21(15-28-22)30-26(33)29-20-6-4-3-5-7-20;/h3-15,17,31H,1-2H3,(H2,29,30,33);1H. The van der Waals surface area contributed by atoms with Crippen LogP contribution in [0.4, 0.5) is 11.4 Å². The summed E-state index contributed by atoms with van der Waals surface area (Å²) in [7, 11) is 0. The van der Waals surface area contributed by atoms with Gasteiger partial charge in [-0.25, -0.2) is 0 Å². The Morgan fingerprint density at radius 1 is 1.00 bits per heavy atom. The van der Waals surface area contributed by atoms with Gasteiger partial charge in [0.25, 0.3) is 0 Å². The lowest BCUT2D eigenvalue weighted by Crippen LogP contribution is -2.19. The number of halogens is 2. The highest BCUT2D eigenvalue weighted by molar-refractivity contribution is 7.80. The molecule has 8 heteroatoms. The summed E-state index contributed by atoms with van der Waals surface area (Å²) in [4.78, 5) is 20.8. The van der Waals surface area contributed by atoms with Gasteiger partial charge in [0, 0.05) is 33.6 Å². The molecule has 2 aromatic carbocycles. The third-order valence-corrected chi connectivity index (χ3v) is 5.81. The average Bonchev–Trinajstić information content (AvgIpc) is 3.21. The molecular formula is C26H24Cl2N4OS. The molecule has 0 fully saturated rings. The topological polar surface area (TPSA) is 69.8 Å². The van der Waals surface area contributed by atoms with Crippen LogP contribution in [0.15, 0.2) is 79.0 Å². The molecule has 174 valence electrons. The maximum absolute atomic E-state index is 12.9. The van der Waals surface area contributed by atoms with Crippen molar-refractivity contribution in [1.29, 1.82) is 0 Å². The van der Waals surface area contributed by atoms with Crippen LogP contribution < -0.4 is 10.6 Å². The van der Waals surface area contributed by atoms with E-state index in [-0.39, 0.29) is 24.1 Å². The molecule has 0 saturated carbocycles. The highest BCUT2D eigenvalue weighted by atomic mass is 35.5. The van der Waals surface area contributed by atoms with E-state index < -0.39 is 0 Å². The first-order valence-electron chi connectivity index (χ1n) is 10.5. The van der Waals surface area contributed by atoms with Crippen molar-refractivity contribution in [3.63, 3.8) is 0 Å². The van der Waals surface area contributed by atoms with E-state index in [1.54, 1.807) is 30.5 Å². The number of rotatable bonds is 6. The van der Waals surface area contributed by atoms with Crippen molar-refractivity contribution in [2.24, 2.45) is 0 Å². The molecule has 1 unspecified atom stereocenters. The van der Waals surface area contributed by atoms with Gasteiger partial charge in [-0.05, 0) is 79.3 Å². The second kappa shape index (κ2) is 11.3. The molecule has 4 rings (SSSR count). The second-order valence-corrected chi connectivity index (χ2v) is 8.60. The highest BCUT2D eigenvalue weighted by Crippen LogP contribution is 2.26. The van der Waals surface area contributed by atoms with Crippen LogP contribution in [0, 0.1) is 6.92 Å². The molecule has 2 heterocycles. The van der Waals surface area contributed by atoms with Crippen LogP contribution in [-0.4, -0.2) is 20.9 Å². The number of carbonyl (C=O) groups is 1. The number of thiocarbonyl (C=S) groups is 1. The number of nitrogens with zero attached hydrogens (tertiary/aromatic N) is 1. The van der Waals surface area contributed by atoms with Crippen molar-refractivity contribution in [3.05, 3.63) is 112 Å². The number of pyridine rings is 1. The minimum atomic E-state index is -0.0606. The van der Waals surface area contributed by atoms with Gasteiger partial charge in [-0.15, -0.1) is 12.4 Å². The van der Waals surface area contributed by atoms with Gasteiger partial charge in [0.15, 0.2) is 5.11 Å². The molecule has 34 heavy (non-hydrogen) atoms. The van der Waals surface area contributed by atoms with E-state index in [4.69, 9.17) is 23.8 Å². The van der Waals surface area contributed by atoms with Gasteiger partial charge < -0.3 is 15.6 Å². The normalized spacial score (nSPS) is 11.3. The van der Waals surface area contributed by atoms with Gasteiger partial charge in [-0.3, -0.25) is 9.78 Å². The number of anilines is 2. The quantitative estimate of drug-likeness (QED) is 0.192. The Kier molecular flexibility index (Phi) is 8.45. The molecule has 0 amide bonds. The van der Waals surface area contributed by atoms with Crippen LogP contribution in [0.5, 0.6) is 0 Å². The minimum absolute atomic E-state index is 0. The number of aromatic amines is 1. The predicted molar refractivity (Wildman–Crippen MR) is 146 cm³/mol. The van der Waals surface area contributed by atoms with Gasteiger partial charge in [-0.1, -0.05) is 36.7 Å². The summed E-state index contributed by atoms with van der Waals surface area (Å²) in [5, 5.41) is 7.38. The number of aryl methyl sites for hydroxylation is 1. The zero-order valence-electron chi connectivity index (χ0n) is 18.6. The number of ketones is 1. The summed E-state index contributed by atoms with van der Waals surface area (Å²) >= 11 is 11.3. The molecule has 0 aliphatic carbocycles. The number of hydrogen-bond donors (Lipinski definition) is 3. The van der Waals surface area contributed by atoms with Crippen LogP contribution >= 0.6 is 36.2 Å². The van der Waals surface area contributed by atoms with Crippen molar-refractivity contribution in [1.82, 2.24) is 9.97 Å². The third-order valence-electron chi connectivity index (χ3n) is 5.36. The Labute approximate surface area is 215 Å². The third kappa shape index (κ3) is 6.03. The molecular weight excluding hydrogens is 487 g/mol. The van der Waals surface area contributed by atoms with E-state index in [0.29, 0.717) is 21.4 Å². The van der Waals surface area contributed by atoms with Gasteiger partial charge >= 0.3 is 0 Å². The lowest BCUT2D eigenvalue weighted by atomic mass is 10.0.